The summed E-state index contributed by atoms with van der Waals surface area (Å²) in [4.78, 5) is 15.4. The lowest BCUT2D eigenvalue weighted by molar-refractivity contribution is -0.190. The molecule has 1 aromatic rings. The van der Waals surface area contributed by atoms with E-state index in [4.69, 9.17) is 4.74 Å². The molecule has 0 aromatic heterocycles. The summed E-state index contributed by atoms with van der Waals surface area (Å²) in [6.07, 6.45) is -4.37. The molecule has 0 unspecified atom stereocenters. The molecule has 0 atom stereocenters. The normalized spacial score (nSPS) is 14.6. The Kier molecular flexibility index (Phi) is 3.91. The van der Waals surface area contributed by atoms with Gasteiger partial charge in [0, 0.05) is 6.54 Å². The minimum absolute atomic E-state index is 0.0424. The molecule has 1 aliphatic heterocycles. The van der Waals surface area contributed by atoms with Crippen LogP contribution in [-0.2, 0) is 16.2 Å². The number of hydrogen-bond donors (Lipinski definition) is 2. The first-order chi connectivity index (χ1) is 8.94. The molecular formula is C11H11F3N2O3. The van der Waals surface area contributed by atoms with E-state index in [0.717, 1.165) is 0 Å². The summed E-state index contributed by atoms with van der Waals surface area (Å²) in [6, 6.07) is 4.91. The third-order valence-electron chi connectivity index (χ3n) is 2.29. The molecule has 5 nitrogen and oxygen atoms in total. The molecule has 0 bridgehead atoms. The minimum Gasteiger partial charge on any atom is -0.482 e. The van der Waals surface area contributed by atoms with Crippen LogP contribution in [0, 0.1) is 0 Å². The monoisotopic (exact) mass is 276 g/mol. The van der Waals surface area contributed by atoms with Crippen molar-refractivity contribution in [3.05, 3.63) is 23.8 Å². The highest BCUT2D eigenvalue weighted by Crippen LogP contribution is 2.28. The maximum Gasteiger partial charge on any atom is 0.413 e. The number of nitrogens with one attached hydrogen (secondary N) is 2. The van der Waals surface area contributed by atoms with Gasteiger partial charge in [0.2, 0.25) is 0 Å². The van der Waals surface area contributed by atoms with E-state index < -0.39 is 12.8 Å². The van der Waals surface area contributed by atoms with Crippen molar-refractivity contribution in [2.75, 3.05) is 18.5 Å². The van der Waals surface area contributed by atoms with Gasteiger partial charge < -0.3 is 10.1 Å². The molecule has 0 spiro atoms. The Morgan fingerprint density at radius 3 is 2.95 bits per heavy atom. The Hall–Kier alpha value is -1.80. The van der Waals surface area contributed by atoms with Crippen LogP contribution in [0.1, 0.15) is 5.56 Å². The van der Waals surface area contributed by atoms with E-state index in [1.807, 2.05) is 0 Å². The first-order valence-electron chi connectivity index (χ1n) is 5.41. The number of carbonyl (C=O) groups is 1. The van der Waals surface area contributed by atoms with E-state index in [1.165, 1.54) is 0 Å². The lowest BCUT2D eigenvalue weighted by atomic mass is 10.1. The summed E-state index contributed by atoms with van der Waals surface area (Å²) in [6.45, 7) is -1.32. The summed E-state index contributed by atoms with van der Waals surface area (Å²) >= 11 is 0. The molecule has 1 aromatic carbocycles. The molecule has 0 radical (unpaired) electrons. The molecule has 0 saturated heterocycles. The highest BCUT2D eigenvalue weighted by Gasteiger charge is 2.27. The first kappa shape index (κ1) is 13.6. The van der Waals surface area contributed by atoms with E-state index in [-0.39, 0.29) is 19.1 Å². The molecule has 19 heavy (non-hydrogen) atoms. The van der Waals surface area contributed by atoms with Gasteiger partial charge in [-0.1, -0.05) is 6.07 Å². The lowest BCUT2D eigenvalue weighted by Gasteiger charge is -2.18. The average Bonchev–Trinajstić information content (AvgIpc) is 2.33. The lowest BCUT2D eigenvalue weighted by Crippen LogP contribution is -2.26. The zero-order chi connectivity index (χ0) is 13.9. The van der Waals surface area contributed by atoms with Gasteiger partial charge in [0.1, 0.15) is 5.75 Å². The van der Waals surface area contributed by atoms with Crippen molar-refractivity contribution < 1.29 is 27.5 Å². The molecule has 0 saturated carbocycles. The third kappa shape index (κ3) is 4.11. The van der Waals surface area contributed by atoms with Gasteiger partial charge in [-0.2, -0.15) is 18.7 Å². The molecule has 1 amide bonds. The van der Waals surface area contributed by atoms with Crippen LogP contribution >= 0.6 is 0 Å². The molecule has 0 aliphatic carbocycles. The van der Waals surface area contributed by atoms with Crippen LogP contribution < -0.4 is 15.5 Å². The van der Waals surface area contributed by atoms with Gasteiger partial charge in [-0.05, 0) is 17.7 Å². The average molecular weight is 276 g/mol. The van der Waals surface area contributed by atoms with Gasteiger partial charge in [0.25, 0.3) is 5.91 Å². The second-order valence-corrected chi connectivity index (χ2v) is 3.89. The van der Waals surface area contributed by atoms with Crippen LogP contribution in [0.3, 0.4) is 0 Å². The number of hydroxylamine groups is 1. The van der Waals surface area contributed by atoms with E-state index in [2.05, 4.69) is 15.6 Å². The SMILES string of the molecule is O=C1COc2ccc(CNOCC(F)(F)F)cc2N1. The quantitative estimate of drug-likeness (QED) is 0.648. The Morgan fingerprint density at radius 1 is 1.42 bits per heavy atom. The molecule has 8 heteroatoms. The molecular weight excluding hydrogens is 265 g/mol. The van der Waals surface area contributed by atoms with Crippen LogP contribution in [0.25, 0.3) is 0 Å². The summed E-state index contributed by atoms with van der Waals surface area (Å²) in [5, 5.41) is 2.60. The summed E-state index contributed by atoms with van der Waals surface area (Å²) in [7, 11) is 0. The molecule has 0 fully saturated rings. The number of alkyl halides is 3. The van der Waals surface area contributed by atoms with Crippen molar-refractivity contribution in [3.63, 3.8) is 0 Å². The third-order valence-corrected chi connectivity index (χ3v) is 2.29. The second kappa shape index (κ2) is 5.45. The maximum atomic E-state index is 11.8. The fourth-order valence-electron chi connectivity index (χ4n) is 1.51. The van der Waals surface area contributed by atoms with Gasteiger partial charge in [-0.3, -0.25) is 9.63 Å². The van der Waals surface area contributed by atoms with Crippen LogP contribution in [0.2, 0.25) is 0 Å². The number of rotatable bonds is 4. The Labute approximate surface area is 106 Å². The zero-order valence-electron chi connectivity index (χ0n) is 9.71. The first-order valence-corrected chi connectivity index (χ1v) is 5.41. The molecule has 1 heterocycles. The van der Waals surface area contributed by atoms with Gasteiger partial charge in [-0.25, -0.2) is 0 Å². The summed E-state index contributed by atoms with van der Waals surface area (Å²) in [5.74, 6) is 0.255. The van der Waals surface area contributed by atoms with E-state index in [0.29, 0.717) is 17.0 Å². The number of halogens is 3. The molecule has 1 aliphatic rings. The number of fused-ring (bicyclic) bond motifs is 1. The van der Waals surface area contributed by atoms with Crippen LogP contribution in [0.5, 0.6) is 5.75 Å². The number of amides is 1. The number of carbonyl (C=O) groups excluding carboxylic acids is 1. The van der Waals surface area contributed by atoms with Crippen molar-refractivity contribution in [3.8, 4) is 5.75 Å². The highest BCUT2D eigenvalue weighted by molar-refractivity contribution is 5.95. The number of anilines is 1. The fourth-order valence-corrected chi connectivity index (χ4v) is 1.51. The Bertz CT molecular complexity index is 477. The Balaban J connectivity index is 1.88. The highest BCUT2D eigenvalue weighted by atomic mass is 19.4. The second-order valence-electron chi connectivity index (χ2n) is 3.89. The summed E-state index contributed by atoms with van der Waals surface area (Å²) < 4.78 is 40.6. The van der Waals surface area contributed by atoms with Crippen molar-refractivity contribution in [1.29, 1.82) is 0 Å². The Morgan fingerprint density at radius 2 is 2.21 bits per heavy atom. The van der Waals surface area contributed by atoms with Crippen LogP contribution in [0.15, 0.2) is 18.2 Å². The number of hydrogen-bond acceptors (Lipinski definition) is 4. The van der Waals surface area contributed by atoms with E-state index in [9.17, 15) is 18.0 Å². The maximum absolute atomic E-state index is 11.8. The van der Waals surface area contributed by atoms with E-state index in [1.54, 1.807) is 18.2 Å². The number of benzene rings is 1. The van der Waals surface area contributed by atoms with Crippen molar-refractivity contribution in [2.45, 2.75) is 12.7 Å². The molecule has 2 N–H and O–H groups in total. The number of ether oxygens (including phenoxy) is 1. The summed E-state index contributed by atoms with van der Waals surface area (Å²) in [5.41, 5.74) is 3.35. The molecule has 104 valence electrons. The van der Waals surface area contributed by atoms with Crippen molar-refractivity contribution in [1.82, 2.24) is 5.48 Å². The van der Waals surface area contributed by atoms with E-state index >= 15 is 0 Å². The molecule has 2 rings (SSSR count). The predicted molar refractivity (Wildman–Crippen MR) is 59.4 cm³/mol. The smallest absolute Gasteiger partial charge is 0.413 e. The van der Waals surface area contributed by atoms with Gasteiger partial charge in [0.15, 0.2) is 13.2 Å². The fraction of sp³-hybridized carbons (Fsp3) is 0.364. The van der Waals surface area contributed by atoms with Crippen molar-refractivity contribution >= 4 is 11.6 Å². The van der Waals surface area contributed by atoms with Crippen LogP contribution in [0.4, 0.5) is 18.9 Å². The topological polar surface area (TPSA) is 59.6 Å². The standard InChI is InChI=1S/C11H11F3N2O3/c12-11(13,14)6-19-15-4-7-1-2-9-8(3-7)16-10(17)5-18-9/h1-3,15H,4-6H2,(H,16,17). The van der Waals surface area contributed by atoms with Gasteiger partial charge in [0.05, 0.1) is 5.69 Å². The van der Waals surface area contributed by atoms with Gasteiger partial charge in [-0.15, -0.1) is 0 Å². The van der Waals surface area contributed by atoms with Gasteiger partial charge >= 0.3 is 6.18 Å². The zero-order valence-corrected chi connectivity index (χ0v) is 9.71. The minimum atomic E-state index is -4.37. The largest absolute Gasteiger partial charge is 0.482 e. The predicted octanol–water partition coefficient (Wildman–Crippen LogP) is 1.60. The van der Waals surface area contributed by atoms with Crippen molar-refractivity contribution in [2.24, 2.45) is 0 Å². The van der Waals surface area contributed by atoms with Crippen LogP contribution in [-0.4, -0.2) is 25.3 Å².